The standard InChI is InChI=1S/C14H18F3NS/c1-13(2)9-5-8-12(13)18-10-6-3-4-7-11(10)19-14(15,16)17/h3-4,6-7,12,18H,5,8-9H2,1-2H3. The molecule has 1 aliphatic rings. The van der Waals surface area contributed by atoms with E-state index in [0.29, 0.717) is 5.69 Å². The summed E-state index contributed by atoms with van der Waals surface area (Å²) in [5.41, 5.74) is -3.52. The van der Waals surface area contributed by atoms with Crippen LogP contribution >= 0.6 is 11.8 Å². The summed E-state index contributed by atoms with van der Waals surface area (Å²) in [5.74, 6) is 0. The zero-order valence-electron chi connectivity index (χ0n) is 11.1. The van der Waals surface area contributed by atoms with Crippen molar-refractivity contribution in [1.29, 1.82) is 0 Å². The van der Waals surface area contributed by atoms with Gasteiger partial charge in [-0.05, 0) is 42.2 Å². The van der Waals surface area contributed by atoms with Crippen LogP contribution in [0.5, 0.6) is 0 Å². The van der Waals surface area contributed by atoms with Crippen molar-refractivity contribution in [2.45, 2.75) is 49.6 Å². The van der Waals surface area contributed by atoms with Gasteiger partial charge >= 0.3 is 5.51 Å². The molecule has 1 nitrogen and oxygen atoms in total. The second-order valence-electron chi connectivity index (χ2n) is 5.62. The topological polar surface area (TPSA) is 12.0 Å². The van der Waals surface area contributed by atoms with Crippen molar-refractivity contribution in [1.82, 2.24) is 0 Å². The van der Waals surface area contributed by atoms with E-state index < -0.39 is 5.51 Å². The molecule has 1 saturated carbocycles. The maximum atomic E-state index is 12.5. The highest BCUT2D eigenvalue weighted by molar-refractivity contribution is 8.00. The van der Waals surface area contributed by atoms with E-state index in [0.717, 1.165) is 19.3 Å². The van der Waals surface area contributed by atoms with Gasteiger partial charge in [-0.1, -0.05) is 32.4 Å². The maximum Gasteiger partial charge on any atom is 0.446 e. The first-order chi connectivity index (χ1) is 8.78. The molecule has 0 heterocycles. The predicted octanol–water partition coefficient (Wildman–Crippen LogP) is 5.29. The molecule has 0 aliphatic heterocycles. The van der Waals surface area contributed by atoms with Gasteiger partial charge in [-0.25, -0.2) is 0 Å². The van der Waals surface area contributed by atoms with E-state index in [9.17, 15) is 13.2 Å². The number of rotatable bonds is 3. The Bertz CT molecular complexity index is 443. The van der Waals surface area contributed by atoms with Crippen LogP contribution in [0.3, 0.4) is 0 Å². The Morgan fingerprint density at radius 1 is 1.26 bits per heavy atom. The Balaban J connectivity index is 2.16. The smallest absolute Gasteiger partial charge is 0.381 e. The van der Waals surface area contributed by atoms with E-state index in [4.69, 9.17) is 0 Å². The van der Waals surface area contributed by atoms with E-state index >= 15 is 0 Å². The lowest BCUT2D eigenvalue weighted by Gasteiger charge is -2.29. The number of nitrogens with one attached hydrogen (secondary N) is 1. The zero-order chi connectivity index (χ0) is 14.1. The summed E-state index contributed by atoms with van der Waals surface area (Å²) in [6.45, 7) is 4.33. The van der Waals surface area contributed by atoms with Crippen molar-refractivity contribution in [3.05, 3.63) is 24.3 Å². The molecule has 1 aliphatic carbocycles. The van der Waals surface area contributed by atoms with Gasteiger partial charge in [0.05, 0.1) is 0 Å². The Morgan fingerprint density at radius 3 is 2.53 bits per heavy atom. The van der Waals surface area contributed by atoms with Crippen LogP contribution in [0.15, 0.2) is 29.2 Å². The highest BCUT2D eigenvalue weighted by atomic mass is 32.2. The van der Waals surface area contributed by atoms with E-state index in [-0.39, 0.29) is 28.1 Å². The molecule has 5 heteroatoms. The zero-order valence-corrected chi connectivity index (χ0v) is 11.9. The lowest BCUT2D eigenvalue weighted by atomic mass is 9.87. The molecule has 106 valence electrons. The fourth-order valence-electron chi connectivity index (χ4n) is 2.58. The summed E-state index contributed by atoms with van der Waals surface area (Å²) in [5, 5.41) is 3.30. The summed E-state index contributed by atoms with van der Waals surface area (Å²) in [4.78, 5) is 0.248. The van der Waals surface area contributed by atoms with Crippen molar-refractivity contribution in [2.75, 3.05) is 5.32 Å². The molecule has 0 radical (unpaired) electrons. The predicted molar refractivity (Wildman–Crippen MR) is 73.4 cm³/mol. The molecule has 0 bridgehead atoms. The van der Waals surface area contributed by atoms with E-state index in [2.05, 4.69) is 19.2 Å². The van der Waals surface area contributed by atoms with Crippen molar-refractivity contribution < 1.29 is 13.2 Å². The first kappa shape index (κ1) is 14.6. The van der Waals surface area contributed by atoms with E-state index in [1.54, 1.807) is 18.2 Å². The molecule has 0 amide bonds. The lowest BCUT2D eigenvalue weighted by Crippen LogP contribution is -2.31. The molecule has 0 aromatic heterocycles. The van der Waals surface area contributed by atoms with Gasteiger partial charge in [-0.3, -0.25) is 0 Å². The molecule has 0 spiro atoms. The summed E-state index contributed by atoms with van der Waals surface area (Å²) in [6, 6.07) is 6.89. The monoisotopic (exact) mass is 289 g/mol. The average molecular weight is 289 g/mol. The van der Waals surface area contributed by atoms with Gasteiger partial charge in [-0.2, -0.15) is 13.2 Å². The second kappa shape index (κ2) is 5.27. The van der Waals surface area contributed by atoms with E-state index in [1.807, 2.05) is 0 Å². The molecule has 0 saturated heterocycles. The second-order valence-corrected chi connectivity index (χ2v) is 6.73. The fraction of sp³-hybridized carbons (Fsp3) is 0.571. The molecule has 1 aromatic rings. The summed E-state index contributed by atoms with van der Waals surface area (Å²) >= 11 is -0.0516. The minimum Gasteiger partial charge on any atom is -0.381 e. The quantitative estimate of drug-likeness (QED) is 0.759. The Hall–Kier alpha value is -0.840. The van der Waals surface area contributed by atoms with Crippen molar-refractivity contribution in [3.63, 3.8) is 0 Å². The molecule has 2 rings (SSSR count). The van der Waals surface area contributed by atoms with Crippen LogP contribution in [0.2, 0.25) is 0 Å². The van der Waals surface area contributed by atoms with Crippen LogP contribution in [0.4, 0.5) is 18.9 Å². The van der Waals surface area contributed by atoms with Gasteiger partial charge in [0.15, 0.2) is 0 Å². The number of halogens is 3. The van der Waals surface area contributed by atoms with Gasteiger partial charge in [-0.15, -0.1) is 0 Å². The van der Waals surface area contributed by atoms with Crippen LogP contribution in [-0.4, -0.2) is 11.6 Å². The molecule has 1 unspecified atom stereocenters. The van der Waals surface area contributed by atoms with Crippen LogP contribution in [0, 0.1) is 5.41 Å². The van der Waals surface area contributed by atoms with Crippen molar-refractivity contribution in [2.24, 2.45) is 5.41 Å². The third-order valence-electron chi connectivity index (χ3n) is 3.70. The van der Waals surface area contributed by atoms with Crippen LogP contribution in [0.25, 0.3) is 0 Å². The number of para-hydroxylation sites is 1. The Kier molecular flexibility index (Phi) is 4.04. The number of benzene rings is 1. The number of thioether (sulfide) groups is 1. The van der Waals surface area contributed by atoms with Crippen LogP contribution in [-0.2, 0) is 0 Å². The highest BCUT2D eigenvalue weighted by Gasteiger charge is 2.35. The summed E-state index contributed by atoms with van der Waals surface area (Å²) < 4.78 is 37.6. The van der Waals surface area contributed by atoms with Gasteiger partial charge in [0.1, 0.15) is 0 Å². The Morgan fingerprint density at radius 2 is 1.95 bits per heavy atom. The normalized spacial score (nSPS) is 22.5. The van der Waals surface area contributed by atoms with Crippen molar-refractivity contribution >= 4 is 17.4 Å². The molecule has 1 N–H and O–H groups in total. The largest absolute Gasteiger partial charge is 0.446 e. The first-order valence-electron chi connectivity index (χ1n) is 6.39. The minimum atomic E-state index is -4.25. The number of hydrogen-bond donors (Lipinski definition) is 1. The Labute approximate surface area is 116 Å². The first-order valence-corrected chi connectivity index (χ1v) is 7.21. The van der Waals surface area contributed by atoms with Crippen molar-refractivity contribution in [3.8, 4) is 0 Å². The maximum absolute atomic E-state index is 12.5. The molecule has 1 atom stereocenters. The number of hydrogen-bond acceptors (Lipinski definition) is 2. The van der Waals surface area contributed by atoms with Gasteiger partial charge in [0, 0.05) is 16.6 Å². The number of alkyl halides is 3. The van der Waals surface area contributed by atoms with Gasteiger partial charge in [0.2, 0.25) is 0 Å². The minimum absolute atomic E-state index is 0.0516. The third-order valence-corrected chi connectivity index (χ3v) is 4.51. The highest BCUT2D eigenvalue weighted by Crippen LogP contribution is 2.43. The van der Waals surface area contributed by atoms with Gasteiger partial charge < -0.3 is 5.32 Å². The molecule has 1 fully saturated rings. The molecular formula is C14H18F3NS. The summed E-state index contributed by atoms with van der Waals surface area (Å²) in [6.07, 6.45) is 3.25. The summed E-state index contributed by atoms with van der Waals surface area (Å²) in [7, 11) is 0. The number of anilines is 1. The average Bonchev–Trinajstić information content (AvgIpc) is 2.59. The van der Waals surface area contributed by atoms with E-state index in [1.165, 1.54) is 6.07 Å². The molecule has 1 aromatic carbocycles. The SMILES string of the molecule is CC1(C)CCCC1Nc1ccccc1SC(F)(F)F. The van der Waals surface area contributed by atoms with Crippen LogP contribution < -0.4 is 5.32 Å². The van der Waals surface area contributed by atoms with Gasteiger partial charge in [0.25, 0.3) is 0 Å². The fourth-order valence-corrected chi connectivity index (χ4v) is 3.21. The van der Waals surface area contributed by atoms with Crippen LogP contribution in [0.1, 0.15) is 33.1 Å². The molecule has 19 heavy (non-hydrogen) atoms. The third kappa shape index (κ3) is 3.81. The molecular weight excluding hydrogens is 271 g/mol. The lowest BCUT2D eigenvalue weighted by molar-refractivity contribution is -0.0327.